The molecule has 0 aromatic heterocycles. The minimum atomic E-state index is -1.01. The molecule has 1 aliphatic rings. The number of amides is 1. The zero-order valence-electron chi connectivity index (χ0n) is 8.62. The smallest absolute Gasteiger partial charge is 0.254 e. The zero-order chi connectivity index (χ0) is 11.7. The van der Waals surface area contributed by atoms with Gasteiger partial charge in [-0.1, -0.05) is 0 Å². The Morgan fingerprint density at radius 1 is 1.38 bits per heavy atom. The molecule has 0 saturated carbocycles. The molecule has 3 nitrogen and oxygen atoms in total. The monoisotopic (exact) mass is 226 g/mol. The Balaban J connectivity index is 2.18. The number of hydrogen-bond donors (Lipinski definition) is 1. The van der Waals surface area contributed by atoms with E-state index in [1.165, 1.54) is 6.07 Å². The molecule has 5 heteroatoms. The maximum absolute atomic E-state index is 12.9. The third-order valence-corrected chi connectivity index (χ3v) is 2.68. The van der Waals surface area contributed by atoms with Crippen LogP contribution in [0, 0.1) is 11.6 Å². The Hall–Kier alpha value is -1.49. The normalized spacial score (nSPS) is 20.2. The summed E-state index contributed by atoms with van der Waals surface area (Å²) >= 11 is 0. The van der Waals surface area contributed by atoms with Crippen molar-refractivity contribution in [1.82, 2.24) is 4.90 Å². The van der Waals surface area contributed by atoms with Crippen LogP contribution in [0.4, 0.5) is 8.78 Å². The standard InChI is InChI=1S/C11H12F2N2O/c12-9-2-1-7(5-10(9)13)11(16)15-4-3-8(14)6-15/h1-2,5,8H,3-4,6,14H2. The van der Waals surface area contributed by atoms with E-state index >= 15 is 0 Å². The highest BCUT2D eigenvalue weighted by Gasteiger charge is 2.24. The summed E-state index contributed by atoms with van der Waals surface area (Å²) in [4.78, 5) is 13.4. The molecule has 1 unspecified atom stereocenters. The quantitative estimate of drug-likeness (QED) is 0.780. The molecule has 86 valence electrons. The van der Waals surface area contributed by atoms with E-state index in [4.69, 9.17) is 5.73 Å². The van der Waals surface area contributed by atoms with Gasteiger partial charge < -0.3 is 10.6 Å². The third kappa shape index (κ3) is 2.04. The topological polar surface area (TPSA) is 46.3 Å². The second-order valence-electron chi connectivity index (χ2n) is 3.93. The average Bonchev–Trinajstić information content (AvgIpc) is 2.68. The molecule has 16 heavy (non-hydrogen) atoms. The first-order valence-electron chi connectivity index (χ1n) is 5.08. The van der Waals surface area contributed by atoms with Crippen molar-refractivity contribution < 1.29 is 13.6 Å². The fourth-order valence-corrected chi connectivity index (χ4v) is 1.78. The van der Waals surface area contributed by atoms with Gasteiger partial charge in [0.1, 0.15) is 0 Å². The maximum atomic E-state index is 12.9. The molecule has 1 atom stereocenters. The molecular formula is C11H12F2N2O. The van der Waals surface area contributed by atoms with Crippen molar-refractivity contribution in [2.45, 2.75) is 12.5 Å². The largest absolute Gasteiger partial charge is 0.337 e. The predicted molar refractivity (Wildman–Crippen MR) is 54.9 cm³/mol. The van der Waals surface area contributed by atoms with Crippen LogP contribution in [0.3, 0.4) is 0 Å². The fraction of sp³-hybridized carbons (Fsp3) is 0.364. The van der Waals surface area contributed by atoms with Crippen LogP contribution in [-0.4, -0.2) is 29.9 Å². The van der Waals surface area contributed by atoms with Crippen molar-refractivity contribution in [1.29, 1.82) is 0 Å². The van der Waals surface area contributed by atoms with E-state index in [9.17, 15) is 13.6 Å². The van der Waals surface area contributed by atoms with Gasteiger partial charge in [-0.2, -0.15) is 0 Å². The highest BCUT2D eigenvalue weighted by Crippen LogP contribution is 2.14. The Kier molecular flexibility index (Phi) is 2.87. The second kappa shape index (κ2) is 4.17. The van der Waals surface area contributed by atoms with E-state index < -0.39 is 11.6 Å². The minimum Gasteiger partial charge on any atom is -0.337 e. The van der Waals surface area contributed by atoms with Gasteiger partial charge >= 0.3 is 0 Å². The van der Waals surface area contributed by atoms with Crippen LogP contribution in [0.25, 0.3) is 0 Å². The molecule has 2 rings (SSSR count). The molecule has 0 bridgehead atoms. The van der Waals surface area contributed by atoms with Gasteiger partial charge in [0.05, 0.1) is 0 Å². The summed E-state index contributed by atoms with van der Waals surface area (Å²) in [5.74, 6) is -2.25. The first kappa shape index (κ1) is 11.0. The van der Waals surface area contributed by atoms with Crippen molar-refractivity contribution in [2.75, 3.05) is 13.1 Å². The lowest BCUT2D eigenvalue weighted by atomic mass is 10.2. The second-order valence-corrected chi connectivity index (χ2v) is 3.93. The summed E-state index contributed by atoms with van der Waals surface area (Å²) < 4.78 is 25.6. The van der Waals surface area contributed by atoms with Crippen LogP contribution in [0.2, 0.25) is 0 Å². The number of likely N-dealkylation sites (tertiary alicyclic amines) is 1. The van der Waals surface area contributed by atoms with Gasteiger partial charge in [0.25, 0.3) is 5.91 Å². The molecule has 0 spiro atoms. The lowest BCUT2D eigenvalue weighted by molar-refractivity contribution is 0.0790. The first-order valence-corrected chi connectivity index (χ1v) is 5.08. The molecule has 1 saturated heterocycles. The van der Waals surface area contributed by atoms with Crippen LogP contribution in [0.15, 0.2) is 18.2 Å². The summed E-state index contributed by atoms with van der Waals surface area (Å²) in [5, 5.41) is 0. The number of halogens is 2. The van der Waals surface area contributed by atoms with E-state index in [-0.39, 0.29) is 17.5 Å². The fourth-order valence-electron chi connectivity index (χ4n) is 1.78. The number of carbonyl (C=O) groups excluding carboxylic acids is 1. The molecule has 1 heterocycles. The number of hydrogen-bond acceptors (Lipinski definition) is 2. The van der Waals surface area contributed by atoms with Crippen LogP contribution in [0.1, 0.15) is 16.8 Å². The van der Waals surface area contributed by atoms with Gasteiger partial charge in [-0.3, -0.25) is 4.79 Å². The van der Waals surface area contributed by atoms with Crippen molar-refractivity contribution in [3.63, 3.8) is 0 Å². The summed E-state index contributed by atoms with van der Waals surface area (Å²) in [5.41, 5.74) is 5.83. The number of carbonyl (C=O) groups is 1. The average molecular weight is 226 g/mol. The Morgan fingerprint density at radius 2 is 2.12 bits per heavy atom. The van der Waals surface area contributed by atoms with E-state index in [1.807, 2.05) is 0 Å². The van der Waals surface area contributed by atoms with Crippen molar-refractivity contribution in [3.8, 4) is 0 Å². The molecule has 0 aliphatic carbocycles. The van der Waals surface area contributed by atoms with Gasteiger partial charge in [-0.25, -0.2) is 8.78 Å². The first-order chi connectivity index (χ1) is 7.58. The Morgan fingerprint density at radius 3 is 2.69 bits per heavy atom. The highest BCUT2D eigenvalue weighted by molar-refractivity contribution is 5.94. The van der Waals surface area contributed by atoms with E-state index in [1.54, 1.807) is 4.90 Å². The number of nitrogens with zero attached hydrogens (tertiary/aromatic N) is 1. The Labute approximate surface area is 91.8 Å². The molecule has 1 fully saturated rings. The van der Waals surface area contributed by atoms with Crippen LogP contribution < -0.4 is 5.73 Å². The molecule has 1 aromatic rings. The number of rotatable bonds is 1. The van der Waals surface area contributed by atoms with Crippen LogP contribution in [0.5, 0.6) is 0 Å². The lowest BCUT2D eigenvalue weighted by Gasteiger charge is -2.15. The van der Waals surface area contributed by atoms with Gasteiger partial charge in [0, 0.05) is 24.7 Å². The number of nitrogens with two attached hydrogens (primary N) is 1. The summed E-state index contributed by atoms with van der Waals surface area (Å²) in [6.45, 7) is 1.04. The maximum Gasteiger partial charge on any atom is 0.254 e. The molecule has 2 N–H and O–H groups in total. The van der Waals surface area contributed by atoms with Crippen LogP contribution in [-0.2, 0) is 0 Å². The molecule has 1 aliphatic heterocycles. The number of benzene rings is 1. The van der Waals surface area contributed by atoms with Gasteiger partial charge in [-0.15, -0.1) is 0 Å². The summed E-state index contributed by atoms with van der Waals surface area (Å²) in [7, 11) is 0. The summed E-state index contributed by atoms with van der Waals surface area (Å²) in [6, 6.07) is 3.14. The highest BCUT2D eigenvalue weighted by atomic mass is 19.2. The van der Waals surface area contributed by atoms with Crippen LogP contribution >= 0.6 is 0 Å². The van der Waals surface area contributed by atoms with Gasteiger partial charge in [0.2, 0.25) is 0 Å². The predicted octanol–water partition coefficient (Wildman–Crippen LogP) is 1.14. The van der Waals surface area contributed by atoms with Crippen molar-refractivity contribution in [2.24, 2.45) is 5.73 Å². The minimum absolute atomic E-state index is 0.0192. The molecule has 1 amide bonds. The molecular weight excluding hydrogens is 214 g/mol. The van der Waals surface area contributed by atoms with E-state index in [0.717, 1.165) is 18.6 Å². The Bertz CT molecular complexity index is 422. The van der Waals surface area contributed by atoms with E-state index in [0.29, 0.717) is 13.1 Å². The van der Waals surface area contributed by atoms with Crippen molar-refractivity contribution >= 4 is 5.91 Å². The SMILES string of the molecule is NC1CCN(C(=O)c2ccc(F)c(F)c2)C1. The molecule has 0 radical (unpaired) electrons. The van der Waals surface area contributed by atoms with Gasteiger partial charge in [-0.05, 0) is 24.6 Å². The third-order valence-electron chi connectivity index (χ3n) is 2.68. The van der Waals surface area contributed by atoms with Crippen molar-refractivity contribution in [3.05, 3.63) is 35.4 Å². The van der Waals surface area contributed by atoms with Gasteiger partial charge in [0.15, 0.2) is 11.6 Å². The lowest BCUT2D eigenvalue weighted by Crippen LogP contribution is -2.31. The van der Waals surface area contributed by atoms with E-state index in [2.05, 4.69) is 0 Å². The molecule has 1 aromatic carbocycles. The zero-order valence-corrected chi connectivity index (χ0v) is 8.62. The summed E-state index contributed by atoms with van der Waals surface area (Å²) in [6.07, 6.45) is 0.745.